The summed E-state index contributed by atoms with van der Waals surface area (Å²) in [4.78, 5) is 17.0. The van der Waals surface area contributed by atoms with Crippen molar-refractivity contribution >= 4 is 11.2 Å². The molecule has 0 amide bonds. The lowest BCUT2D eigenvalue weighted by atomic mass is 10.1. The predicted molar refractivity (Wildman–Crippen MR) is 103 cm³/mol. The Hall–Kier alpha value is -3.69. The molecule has 0 aliphatic carbocycles. The summed E-state index contributed by atoms with van der Waals surface area (Å²) >= 11 is 0. The van der Waals surface area contributed by atoms with Gasteiger partial charge in [0, 0.05) is 0 Å². The van der Waals surface area contributed by atoms with Crippen LogP contribution in [0.25, 0.3) is 16.9 Å². The number of hydrogen-bond acceptors (Lipinski definition) is 5. The van der Waals surface area contributed by atoms with E-state index >= 15 is 0 Å². The lowest BCUT2D eigenvalue weighted by Gasteiger charge is -2.10. The van der Waals surface area contributed by atoms with Crippen molar-refractivity contribution in [2.24, 2.45) is 0 Å². The summed E-state index contributed by atoms with van der Waals surface area (Å²) in [6.45, 7) is 2.35. The second-order valence-corrected chi connectivity index (χ2v) is 6.48. The van der Waals surface area contributed by atoms with Crippen LogP contribution in [-0.4, -0.2) is 31.2 Å². The molecule has 4 rings (SSSR count). The average Bonchev–Trinajstić information content (AvgIpc) is 3.15. The Morgan fingerprint density at radius 1 is 1.10 bits per heavy atom. The van der Waals surface area contributed by atoms with E-state index in [1.807, 2.05) is 6.92 Å². The molecule has 0 aliphatic heterocycles. The van der Waals surface area contributed by atoms with Gasteiger partial charge in [0.2, 0.25) is 0 Å². The number of alkyl halides is 3. The van der Waals surface area contributed by atoms with Gasteiger partial charge in [0.15, 0.2) is 11.2 Å². The second kappa shape index (κ2) is 7.62. The minimum absolute atomic E-state index is 0.0263. The van der Waals surface area contributed by atoms with E-state index < -0.39 is 17.3 Å². The van der Waals surface area contributed by atoms with Crippen LogP contribution >= 0.6 is 0 Å². The number of nitrogens with zero attached hydrogens (tertiary/aromatic N) is 5. The Morgan fingerprint density at radius 2 is 1.87 bits per heavy atom. The Labute approximate surface area is 168 Å². The van der Waals surface area contributed by atoms with E-state index in [-0.39, 0.29) is 17.7 Å². The van der Waals surface area contributed by atoms with E-state index in [0.717, 1.165) is 12.1 Å². The summed E-state index contributed by atoms with van der Waals surface area (Å²) in [5.41, 5.74) is -0.0172. The van der Waals surface area contributed by atoms with E-state index in [0.29, 0.717) is 23.6 Å². The second-order valence-electron chi connectivity index (χ2n) is 6.48. The summed E-state index contributed by atoms with van der Waals surface area (Å²) in [6, 6.07) is 11.9. The van der Waals surface area contributed by atoms with E-state index in [4.69, 9.17) is 4.74 Å². The van der Waals surface area contributed by atoms with Gasteiger partial charge in [0.1, 0.15) is 12.1 Å². The maximum atomic E-state index is 12.9. The zero-order valence-corrected chi connectivity index (χ0v) is 15.8. The van der Waals surface area contributed by atoms with E-state index in [1.165, 1.54) is 27.7 Å². The van der Waals surface area contributed by atoms with Gasteiger partial charge in [0.25, 0.3) is 5.56 Å². The molecular formula is C20H16F3N5O2. The quantitative estimate of drug-likeness (QED) is 0.499. The predicted octanol–water partition coefficient (Wildman–Crippen LogP) is 3.44. The number of ether oxygens (including phenoxy) is 1. The fourth-order valence-corrected chi connectivity index (χ4v) is 3.02. The summed E-state index contributed by atoms with van der Waals surface area (Å²) in [5, 5.41) is 7.92. The normalized spacial score (nSPS) is 11.7. The van der Waals surface area contributed by atoms with Gasteiger partial charge < -0.3 is 4.74 Å². The molecule has 7 nitrogen and oxygen atoms in total. The molecule has 2 heterocycles. The molecule has 30 heavy (non-hydrogen) atoms. The summed E-state index contributed by atoms with van der Waals surface area (Å²) < 4.78 is 46.8. The summed E-state index contributed by atoms with van der Waals surface area (Å²) in [7, 11) is 0. The number of hydrogen-bond donors (Lipinski definition) is 0. The van der Waals surface area contributed by atoms with E-state index in [2.05, 4.69) is 15.3 Å². The molecule has 4 aromatic rings. The molecular weight excluding hydrogens is 399 g/mol. The lowest BCUT2D eigenvalue weighted by molar-refractivity contribution is -0.137. The number of rotatable bonds is 5. The molecule has 0 saturated carbocycles. The molecule has 10 heteroatoms. The molecule has 0 atom stereocenters. The van der Waals surface area contributed by atoms with Crippen LogP contribution in [0, 0.1) is 0 Å². The van der Waals surface area contributed by atoms with Gasteiger partial charge in [-0.3, -0.25) is 9.36 Å². The molecule has 0 N–H and O–H groups in total. The van der Waals surface area contributed by atoms with Crippen LogP contribution in [0.15, 0.2) is 59.7 Å². The highest BCUT2D eigenvalue weighted by molar-refractivity contribution is 5.70. The molecule has 2 aromatic heterocycles. The van der Waals surface area contributed by atoms with Crippen molar-refractivity contribution in [1.82, 2.24) is 24.5 Å². The van der Waals surface area contributed by atoms with Crippen LogP contribution in [0.5, 0.6) is 5.75 Å². The first-order valence-corrected chi connectivity index (χ1v) is 9.07. The van der Waals surface area contributed by atoms with Crippen molar-refractivity contribution < 1.29 is 17.9 Å². The first-order chi connectivity index (χ1) is 14.4. The Bertz CT molecular complexity index is 1250. The average molecular weight is 415 g/mol. The van der Waals surface area contributed by atoms with Gasteiger partial charge in [-0.05, 0) is 48.9 Å². The highest BCUT2D eigenvalue weighted by Gasteiger charge is 2.30. The monoisotopic (exact) mass is 415 g/mol. The van der Waals surface area contributed by atoms with Crippen LogP contribution in [-0.2, 0) is 12.7 Å². The third-order valence-corrected chi connectivity index (χ3v) is 4.43. The molecule has 2 aromatic carbocycles. The number of benzene rings is 2. The maximum Gasteiger partial charge on any atom is 0.416 e. The SMILES string of the molecule is CCOc1ccc(-n2nnc3c(=O)n(Cc4cccc(C(F)(F)F)c4)cnc32)cc1. The smallest absolute Gasteiger partial charge is 0.416 e. The van der Waals surface area contributed by atoms with Gasteiger partial charge >= 0.3 is 6.18 Å². The Morgan fingerprint density at radius 3 is 2.57 bits per heavy atom. The zero-order valence-electron chi connectivity index (χ0n) is 15.8. The van der Waals surface area contributed by atoms with Gasteiger partial charge in [0.05, 0.1) is 24.4 Å². The van der Waals surface area contributed by atoms with E-state index in [9.17, 15) is 18.0 Å². The Kier molecular flexibility index (Phi) is 4.98. The minimum Gasteiger partial charge on any atom is -0.494 e. The largest absolute Gasteiger partial charge is 0.494 e. The Balaban J connectivity index is 1.67. The van der Waals surface area contributed by atoms with Crippen molar-refractivity contribution in [1.29, 1.82) is 0 Å². The zero-order chi connectivity index (χ0) is 21.3. The van der Waals surface area contributed by atoms with Crippen LogP contribution in [0.4, 0.5) is 13.2 Å². The molecule has 0 bridgehead atoms. The third-order valence-electron chi connectivity index (χ3n) is 4.43. The molecule has 0 saturated heterocycles. The van der Waals surface area contributed by atoms with Crippen LogP contribution in [0.3, 0.4) is 0 Å². The first-order valence-electron chi connectivity index (χ1n) is 9.07. The van der Waals surface area contributed by atoms with E-state index in [1.54, 1.807) is 24.3 Å². The maximum absolute atomic E-state index is 12.9. The van der Waals surface area contributed by atoms with Crippen LogP contribution in [0.2, 0.25) is 0 Å². The molecule has 0 aliphatic rings. The van der Waals surface area contributed by atoms with Crippen molar-refractivity contribution in [3.05, 3.63) is 76.3 Å². The van der Waals surface area contributed by atoms with Crippen LogP contribution in [0.1, 0.15) is 18.1 Å². The van der Waals surface area contributed by atoms with Crippen molar-refractivity contribution in [3.63, 3.8) is 0 Å². The van der Waals surface area contributed by atoms with Crippen molar-refractivity contribution in [2.75, 3.05) is 6.61 Å². The molecule has 0 unspecified atom stereocenters. The molecule has 0 fully saturated rings. The van der Waals surface area contributed by atoms with Gasteiger partial charge in [-0.15, -0.1) is 5.10 Å². The number of halogens is 3. The number of aromatic nitrogens is 5. The molecule has 0 spiro atoms. The topological polar surface area (TPSA) is 74.8 Å². The highest BCUT2D eigenvalue weighted by Crippen LogP contribution is 2.29. The minimum atomic E-state index is -4.45. The molecule has 0 radical (unpaired) electrons. The summed E-state index contributed by atoms with van der Waals surface area (Å²) in [5.74, 6) is 0.696. The summed E-state index contributed by atoms with van der Waals surface area (Å²) in [6.07, 6.45) is -3.18. The lowest BCUT2D eigenvalue weighted by Crippen LogP contribution is -2.21. The van der Waals surface area contributed by atoms with Gasteiger partial charge in [-0.1, -0.05) is 17.3 Å². The van der Waals surface area contributed by atoms with Gasteiger partial charge in [-0.2, -0.15) is 17.9 Å². The van der Waals surface area contributed by atoms with Crippen LogP contribution < -0.4 is 10.3 Å². The number of fused-ring (bicyclic) bond motifs is 1. The van der Waals surface area contributed by atoms with Crippen molar-refractivity contribution in [2.45, 2.75) is 19.6 Å². The van der Waals surface area contributed by atoms with Crippen molar-refractivity contribution in [3.8, 4) is 11.4 Å². The first kappa shape index (κ1) is 19.6. The fraction of sp³-hybridized carbons (Fsp3) is 0.200. The third kappa shape index (κ3) is 3.76. The molecule has 154 valence electrons. The fourth-order valence-electron chi connectivity index (χ4n) is 3.02. The standard InChI is InChI=1S/C20H16F3N5O2/c1-2-30-16-8-6-15(7-9-16)28-18-17(25-26-28)19(29)27(12-24-18)11-13-4-3-5-14(10-13)20(21,22)23/h3-10,12H,2,11H2,1H3. The highest BCUT2D eigenvalue weighted by atomic mass is 19.4. The van der Waals surface area contributed by atoms with Gasteiger partial charge in [-0.25, -0.2) is 4.98 Å².